The van der Waals surface area contributed by atoms with Crippen molar-refractivity contribution in [3.05, 3.63) is 64.7 Å². The predicted molar refractivity (Wildman–Crippen MR) is 69.8 cm³/mol. The van der Waals surface area contributed by atoms with Gasteiger partial charge in [0.1, 0.15) is 11.5 Å². The van der Waals surface area contributed by atoms with Crippen molar-refractivity contribution in [2.45, 2.75) is 0 Å². The molecule has 0 amide bonds. The Morgan fingerprint density at radius 3 is 1.95 bits per heavy atom. The molecule has 1 atom stereocenters. The lowest BCUT2D eigenvalue weighted by atomic mass is 10.3. The number of nitro benzene ring substituents is 1. The number of hydrogen-bond donors (Lipinski definition) is 0. The van der Waals surface area contributed by atoms with Gasteiger partial charge in [-0.2, -0.15) is 0 Å². The summed E-state index contributed by atoms with van der Waals surface area (Å²) in [7, 11) is -2.75. The van der Waals surface area contributed by atoms with Crippen LogP contribution in [0.1, 0.15) is 0 Å². The predicted octanol–water partition coefficient (Wildman–Crippen LogP) is 3.44. The Morgan fingerprint density at radius 2 is 1.42 bits per heavy atom. The minimum absolute atomic E-state index is 0.0593. The number of benzene rings is 2. The van der Waals surface area contributed by atoms with Gasteiger partial charge in [-0.25, -0.2) is 4.57 Å². The zero-order valence-electron chi connectivity index (χ0n) is 9.68. The molecule has 2 aromatic rings. The van der Waals surface area contributed by atoms with Crippen LogP contribution in [0.3, 0.4) is 0 Å². The summed E-state index contributed by atoms with van der Waals surface area (Å²) in [4.78, 5) is 9.94. The average Bonchev–Trinajstić information content (AvgIpc) is 2.40. The van der Waals surface area contributed by atoms with Gasteiger partial charge in [-0.1, -0.05) is 18.2 Å². The SMILES string of the molecule is O=[N+]([O-])c1ccc(O[PH](=O)Oc2ccccc2)cc1. The number of hydrogen-bond acceptors (Lipinski definition) is 5. The Labute approximate surface area is 109 Å². The van der Waals surface area contributed by atoms with Crippen molar-refractivity contribution < 1.29 is 18.5 Å². The van der Waals surface area contributed by atoms with Crippen molar-refractivity contribution in [3.63, 3.8) is 0 Å². The number of non-ortho nitro benzene ring substituents is 1. The van der Waals surface area contributed by atoms with Crippen molar-refractivity contribution in [3.8, 4) is 11.5 Å². The fourth-order valence-corrected chi connectivity index (χ4v) is 2.04. The molecule has 0 aromatic heterocycles. The largest absolute Gasteiger partial charge is 0.418 e. The second kappa shape index (κ2) is 6.02. The zero-order chi connectivity index (χ0) is 13.7. The van der Waals surface area contributed by atoms with Crippen molar-refractivity contribution in [1.82, 2.24) is 0 Å². The zero-order valence-corrected chi connectivity index (χ0v) is 10.7. The Bertz CT molecular complexity index is 585. The van der Waals surface area contributed by atoms with E-state index in [1.807, 2.05) is 0 Å². The van der Waals surface area contributed by atoms with E-state index in [2.05, 4.69) is 0 Å². The highest BCUT2D eigenvalue weighted by atomic mass is 31.1. The molecule has 7 heteroatoms. The summed E-state index contributed by atoms with van der Waals surface area (Å²) in [5, 5.41) is 10.5. The van der Waals surface area contributed by atoms with Crippen LogP contribution >= 0.6 is 8.25 Å². The average molecular weight is 279 g/mol. The van der Waals surface area contributed by atoms with Gasteiger partial charge in [-0.3, -0.25) is 10.1 Å². The van der Waals surface area contributed by atoms with Crippen molar-refractivity contribution in [1.29, 1.82) is 0 Å². The van der Waals surface area contributed by atoms with Crippen LogP contribution in [0.15, 0.2) is 54.6 Å². The molecular formula is C12H10NO5P. The molecular weight excluding hydrogens is 269 g/mol. The van der Waals surface area contributed by atoms with Crippen molar-refractivity contribution >= 4 is 13.9 Å². The molecule has 0 aliphatic rings. The molecule has 0 aliphatic heterocycles. The van der Waals surface area contributed by atoms with E-state index in [4.69, 9.17) is 9.05 Å². The highest BCUT2D eigenvalue weighted by Crippen LogP contribution is 2.30. The molecule has 0 bridgehead atoms. The number of nitro groups is 1. The van der Waals surface area contributed by atoms with Gasteiger partial charge in [0.2, 0.25) is 0 Å². The number of nitrogens with zero attached hydrogens (tertiary/aromatic N) is 1. The van der Waals surface area contributed by atoms with Gasteiger partial charge in [0.15, 0.2) is 0 Å². The Morgan fingerprint density at radius 1 is 0.895 bits per heavy atom. The quantitative estimate of drug-likeness (QED) is 0.476. The first-order chi connectivity index (χ1) is 9.15. The second-order valence-corrected chi connectivity index (χ2v) is 4.43. The van der Waals surface area contributed by atoms with Crippen LogP contribution in [-0.2, 0) is 4.57 Å². The summed E-state index contributed by atoms with van der Waals surface area (Å²) in [6.45, 7) is 0. The summed E-state index contributed by atoms with van der Waals surface area (Å²) in [5.41, 5.74) is -0.0593. The molecule has 2 rings (SSSR count). The second-order valence-electron chi connectivity index (χ2n) is 3.52. The van der Waals surface area contributed by atoms with E-state index in [0.29, 0.717) is 5.75 Å². The van der Waals surface area contributed by atoms with Crippen LogP contribution in [0.25, 0.3) is 0 Å². The van der Waals surface area contributed by atoms with Crippen LogP contribution in [0.4, 0.5) is 5.69 Å². The summed E-state index contributed by atoms with van der Waals surface area (Å²) >= 11 is 0. The van der Waals surface area contributed by atoms with E-state index >= 15 is 0 Å². The lowest BCUT2D eigenvalue weighted by molar-refractivity contribution is -0.384. The summed E-state index contributed by atoms with van der Waals surface area (Å²) < 4.78 is 21.7. The van der Waals surface area contributed by atoms with Gasteiger partial charge in [0.25, 0.3) is 5.69 Å². The van der Waals surface area contributed by atoms with Crippen LogP contribution in [0.5, 0.6) is 11.5 Å². The van der Waals surface area contributed by atoms with Crippen molar-refractivity contribution in [2.75, 3.05) is 0 Å². The maximum Gasteiger partial charge on any atom is 0.418 e. The molecule has 0 heterocycles. The molecule has 6 nitrogen and oxygen atoms in total. The molecule has 2 aromatic carbocycles. The topological polar surface area (TPSA) is 78.7 Å². The molecule has 0 spiro atoms. The van der Waals surface area contributed by atoms with Crippen LogP contribution in [0.2, 0.25) is 0 Å². The standard InChI is InChI=1S/C12H10NO5P/c14-13(15)10-6-8-12(9-7-10)18-19(16)17-11-4-2-1-3-5-11/h1-9,19H. The number of para-hydroxylation sites is 1. The molecule has 0 fully saturated rings. The lowest BCUT2D eigenvalue weighted by Crippen LogP contribution is -1.90. The van der Waals surface area contributed by atoms with Crippen LogP contribution < -0.4 is 9.05 Å². The number of rotatable bonds is 5. The fourth-order valence-electron chi connectivity index (χ4n) is 1.34. The van der Waals surface area contributed by atoms with E-state index in [0.717, 1.165) is 0 Å². The molecule has 19 heavy (non-hydrogen) atoms. The summed E-state index contributed by atoms with van der Waals surface area (Å²) in [6, 6.07) is 13.9. The van der Waals surface area contributed by atoms with Gasteiger partial charge < -0.3 is 9.05 Å². The Hall–Kier alpha value is -2.33. The molecule has 0 saturated carbocycles. The maximum atomic E-state index is 11.6. The molecule has 0 aliphatic carbocycles. The first-order valence-corrected chi connectivity index (χ1v) is 6.57. The fraction of sp³-hybridized carbons (Fsp3) is 0. The molecule has 98 valence electrons. The van der Waals surface area contributed by atoms with E-state index in [9.17, 15) is 14.7 Å². The molecule has 0 saturated heterocycles. The van der Waals surface area contributed by atoms with Crippen molar-refractivity contribution in [2.24, 2.45) is 0 Å². The molecule has 0 radical (unpaired) electrons. The van der Waals surface area contributed by atoms with Gasteiger partial charge in [-0.05, 0) is 24.3 Å². The highest BCUT2D eigenvalue weighted by Gasteiger charge is 2.07. The maximum absolute atomic E-state index is 11.6. The third-order valence-corrected chi connectivity index (χ3v) is 3.00. The van der Waals surface area contributed by atoms with Gasteiger partial charge in [0, 0.05) is 12.1 Å². The smallest absolute Gasteiger partial charge is 0.418 e. The minimum atomic E-state index is -2.75. The van der Waals surface area contributed by atoms with E-state index < -0.39 is 13.2 Å². The monoisotopic (exact) mass is 279 g/mol. The van der Waals surface area contributed by atoms with Gasteiger partial charge >= 0.3 is 8.25 Å². The summed E-state index contributed by atoms with van der Waals surface area (Å²) in [6.07, 6.45) is 0. The first-order valence-electron chi connectivity index (χ1n) is 5.34. The highest BCUT2D eigenvalue weighted by molar-refractivity contribution is 7.34. The Balaban J connectivity index is 1.97. The third kappa shape index (κ3) is 3.82. The van der Waals surface area contributed by atoms with Gasteiger partial charge in [-0.15, -0.1) is 0 Å². The minimum Gasteiger partial charge on any atom is -0.418 e. The third-order valence-electron chi connectivity index (χ3n) is 2.19. The van der Waals surface area contributed by atoms with E-state index in [-0.39, 0.29) is 11.4 Å². The lowest BCUT2D eigenvalue weighted by Gasteiger charge is -2.07. The first kappa shape index (κ1) is 13.1. The Kier molecular flexibility index (Phi) is 4.15. The normalized spacial score (nSPS) is 11.6. The van der Waals surface area contributed by atoms with E-state index in [1.54, 1.807) is 30.3 Å². The van der Waals surface area contributed by atoms with Crippen LogP contribution in [-0.4, -0.2) is 4.92 Å². The van der Waals surface area contributed by atoms with E-state index in [1.165, 1.54) is 24.3 Å². The van der Waals surface area contributed by atoms with Crippen LogP contribution in [0, 0.1) is 10.1 Å². The molecule has 0 N–H and O–H groups in total. The van der Waals surface area contributed by atoms with Gasteiger partial charge in [0.05, 0.1) is 4.92 Å². The molecule has 1 unspecified atom stereocenters. The summed E-state index contributed by atoms with van der Waals surface area (Å²) in [5.74, 6) is 0.693.